The van der Waals surface area contributed by atoms with Crippen LogP contribution in [-0.4, -0.2) is 17.5 Å². The van der Waals surface area contributed by atoms with E-state index in [1.807, 2.05) is 0 Å². The molecule has 1 aliphatic carbocycles. The van der Waals surface area contributed by atoms with Crippen molar-refractivity contribution in [3.63, 3.8) is 0 Å². The summed E-state index contributed by atoms with van der Waals surface area (Å²) in [6.45, 7) is 5.79. The molecule has 0 aromatic heterocycles. The van der Waals surface area contributed by atoms with Crippen molar-refractivity contribution in [1.29, 1.82) is 0 Å². The zero-order chi connectivity index (χ0) is 11.5. The van der Waals surface area contributed by atoms with E-state index in [0.717, 1.165) is 18.8 Å². The second-order valence-electron chi connectivity index (χ2n) is 5.51. The minimum Gasteiger partial charge on any atom is -0.352 e. The number of carbonyl (C=O) groups is 1. The lowest BCUT2D eigenvalue weighted by molar-refractivity contribution is -0.126. The Balaban J connectivity index is 2.41. The number of nitrogens with two attached hydrogens (primary N) is 1. The zero-order valence-corrected chi connectivity index (χ0v) is 10.2. The summed E-state index contributed by atoms with van der Waals surface area (Å²) >= 11 is 0. The van der Waals surface area contributed by atoms with E-state index in [9.17, 15) is 4.79 Å². The third-order valence-corrected chi connectivity index (χ3v) is 3.18. The predicted octanol–water partition coefficient (Wildman–Crippen LogP) is 1.81. The lowest BCUT2D eigenvalue weighted by Gasteiger charge is -2.23. The summed E-state index contributed by atoms with van der Waals surface area (Å²) in [6.07, 6.45) is 5.93. The van der Waals surface area contributed by atoms with E-state index in [2.05, 4.69) is 12.2 Å². The Bertz CT molecular complexity index is 220. The van der Waals surface area contributed by atoms with E-state index in [1.54, 1.807) is 13.8 Å². The molecule has 88 valence electrons. The van der Waals surface area contributed by atoms with Crippen LogP contribution in [0.25, 0.3) is 0 Å². The van der Waals surface area contributed by atoms with Crippen LogP contribution in [0.3, 0.4) is 0 Å². The van der Waals surface area contributed by atoms with Crippen molar-refractivity contribution in [1.82, 2.24) is 5.32 Å². The molecule has 1 fully saturated rings. The molecule has 0 aromatic carbocycles. The van der Waals surface area contributed by atoms with Crippen LogP contribution in [0.15, 0.2) is 0 Å². The standard InChI is InChI=1S/C12H24N2O/c1-9-5-4-6-10(8-7-9)14-11(15)12(2,3)13/h9-10H,4-8,13H2,1-3H3,(H,14,15). The Morgan fingerprint density at radius 1 is 1.27 bits per heavy atom. The van der Waals surface area contributed by atoms with Crippen LogP contribution in [0, 0.1) is 5.92 Å². The molecule has 3 nitrogen and oxygen atoms in total. The molecular weight excluding hydrogens is 188 g/mol. The van der Waals surface area contributed by atoms with Crippen molar-refractivity contribution in [2.45, 2.75) is 64.5 Å². The molecule has 0 aromatic rings. The highest BCUT2D eigenvalue weighted by Gasteiger charge is 2.25. The Labute approximate surface area is 92.8 Å². The van der Waals surface area contributed by atoms with Gasteiger partial charge < -0.3 is 11.1 Å². The third-order valence-electron chi connectivity index (χ3n) is 3.18. The highest BCUT2D eigenvalue weighted by molar-refractivity contribution is 5.85. The quantitative estimate of drug-likeness (QED) is 0.686. The third kappa shape index (κ3) is 4.20. The number of rotatable bonds is 2. The Kier molecular flexibility index (Phi) is 4.14. The first-order valence-corrected chi connectivity index (χ1v) is 5.99. The SMILES string of the molecule is CC1CCCC(NC(=O)C(C)(C)N)CC1. The molecule has 2 atom stereocenters. The number of hydrogen-bond donors (Lipinski definition) is 2. The minimum absolute atomic E-state index is 0.0259. The summed E-state index contributed by atoms with van der Waals surface area (Å²) in [4.78, 5) is 11.7. The van der Waals surface area contributed by atoms with Gasteiger partial charge in [-0.2, -0.15) is 0 Å². The first-order valence-electron chi connectivity index (χ1n) is 5.99. The van der Waals surface area contributed by atoms with Crippen LogP contribution >= 0.6 is 0 Å². The first kappa shape index (κ1) is 12.5. The summed E-state index contributed by atoms with van der Waals surface area (Å²) in [6, 6.07) is 0.338. The Morgan fingerprint density at radius 2 is 1.93 bits per heavy atom. The number of carbonyl (C=O) groups excluding carboxylic acids is 1. The van der Waals surface area contributed by atoms with Gasteiger partial charge in [-0.25, -0.2) is 0 Å². The van der Waals surface area contributed by atoms with Crippen molar-refractivity contribution in [2.24, 2.45) is 11.7 Å². The van der Waals surface area contributed by atoms with Crippen LogP contribution in [0.4, 0.5) is 0 Å². The van der Waals surface area contributed by atoms with Gasteiger partial charge in [-0.05, 0) is 39.0 Å². The molecule has 0 radical (unpaired) electrons. The van der Waals surface area contributed by atoms with Crippen LogP contribution in [0.5, 0.6) is 0 Å². The van der Waals surface area contributed by atoms with Gasteiger partial charge in [-0.3, -0.25) is 4.79 Å². The summed E-state index contributed by atoms with van der Waals surface area (Å²) in [5.74, 6) is 0.778. The van der Waals surface area contributed by atoms with Gasteiger partial charge in [-0.1, -0.05) is 19.8 Å². The molecule has 15 heavy (non-hydrogen) atoms. The monoisotopic (exact) mass is 212 g/mol. The molecule has 0 aliphatic heterocycles. The molecule has 3 heteroatoms. The average molecular weight is 212 g/mol. The van der Waals surface area contributed by atoms with Crippen molar-refractivity contribution in [2.75, 3.05) is 0 Å². The molecule has 1 rings (SSSR count). The van der Waals surface area contributed by atoms with Gasteiger partial charge in [0.25, 0.3) is 0 Å². The fourth-order valence-corrected chi connectivity index (χ4v) is 2.00. The van der Waals surface area contributed by atoms with E-state index in [4.69, 9.17) is 5.73 Å². The molecule has 0 bridgehead atoms. The zero-order valence-electron chi connectivity index (χ0n) is 10.2. The molecule has 1 saturated carbocycles. The van der Waals surface area contributed by atoms with Crippen molar-refractivity contribution in [3.05, 3.63) is 0 Å². The van der Waals surface area contributed by atoms with Gasteiger partial charge in [0.15, 0.2) is 0 Å². The highest BCUT2D eigenvalue weighted by atomic mass is 16.2. The Hall–Kier alpha value is -0.570. The highest BCUT2D eigenvalue weighted by Crippen LogP contribution is 2.22. The van der Waals surface area contributed by atoms with E-state index in [-0.39, 0.29) is 5.91 Å². The molecule has 0 spiro atoms. The van der Waals surface area contributed by atoms with Gasteiger partial charge in [0.2, 0.25) is 5.91 Å². The van der Waals surface area contributed by atoms with Gasteiger partial charge in [0.1, 0.15) is 0 Å². The fourth-order valence-electron chi connectivity index (χ4n) is 2.00. The van der Waals surface area contributed by atoms with Crippen molar-refractivity contribution < 1.29 is 4.79 Å². The smallest absolute Gasteiger partial charge is 0.239 e. The van der Waals surface area contributed by atoms with Gasteiger partial charge in [0, 0.05) is 6.04 Å². The van der Waals surface area contributed by atoms with E-state index < -0.39 is 5.54 Å². The number of hydrogen-bond acceptors (Lipinski definition) is 2. The summed E-state index contributed by atoms with van der Waals surface area (Å²) in [5, 5.41) is 3.06. The average Bonchev–Trinajstić information content (AvgIpc) is 2.29. The lowest BCUT2D eigenvalue weighted by Crippen LogP contribution is -2.52. The topological polar surface area (TPSA) is 55.1 Å². The fraction of sp³-hybridized carbons (Fsp3) is 0.917. The maximum Gasteiger partial charge on any atom is 0.239 e. The molecular formula is C12H24N2O. The minimum atomic E-state index is -0.752. The number of nitrogens with one attached hydrogen (secondary N) is 1. The van der Waals surface area contributed by atoms with E-state index in [1.165, 1.54) is 19.3 Å². The van der Waals surface area contributed by atoms with Gasteiger partial charge in [0.05, 0.1) is 5.54 Å². The maximum atomic E-state index is 11.7. The van der Waals surface area contributed by atoms with Crippen LogP contribution < -0.4 is 11.1 Å². The van der Waals surface area contributed by atoms with Crippen molar-refractivity contribution in [3.8, 4) is 0 Å². The second kappa shape index (κ2) is 4.97. The van der Waals surface area contributed by atoms with Crippen molar-refractivity contribution >= 4 is 5.91 Å². The maximum absolute atomic E-state index is 11.7. The number of amides is 1. The Morgan fingerprint density at radius 3 is 2.53 bits per heavy atom. The molecule has 0 heterocycles. The molecule has 3 N–H and O–H groups in total. The lowest BCUT2D eigenvalue weighted by atomic mass is 10.0. The summed E-state index contributed by atoms with van der Waals surface area (Å²) < 4.78 is 0. The predicted molar refractivity (Wildman–Crippen MR) is 62.4 cm³/mol. The summed E-state index contributed by atoms with van der Waals surface area (Å²) in [7, 11) is 0. The van der Waals surface area contributed by atoms with Gasteiger partial charge in [-0.15, -0.1) is 0 Å². The van der Waals surface area contributed by atoms with E-state index >= 15 is 0 Å². The molecule has 0 saturated heterocycles. The summed E-state index contributed by atoms with van der Waals surface area (Å²) in [5.41, 5.74) is 5.00. The van der Waals surface area contributed by atoms with Crippen LogP contribution in [0.1, 0.15) is 52.9 Å². The van der Waals surface area contributed by atoms with Crippen LogP contribution in [0.2, 0.25) is 0 Å². The largest absolute Gasteiger partial charge is 0.352 e. The van der Waals surface area contributed by atoms with E-state index in [0.29, 0.717) is 6.04 Å². The normalized spacial score (nSPS) is 28.3. The van der Waals surface area contributed by atoms with Crippen LogP contribution in [-0.2, 0) is 4.79 Å². The molecule has 1 amide bonds. The first-order chi connectivity index (χ1) is 6.89. The second-order valence-corrected chi connectivity index (χ2v) is 5.51. The van der Waals surface area contributed by atoms with Gasteiger partial charge >= 0.3 is 0 Å². The molecule has 1 aliphatic rings. The molecule has 2 unspecified atom stereocenters.